The fraction of sp³-hybridized carbons (Fsp3) is 0.0488. The number of nitro benzene ring substituents is 1. The van der Waals surface area contributed by atoms with Crippen LogP contribution in [0.1, 0.15) is 10.4 Å². The molecule has 68 heavy (non-hydrogen) atoms. The van der Waals surface area contributed by atoms with Crippen LogP contribution in [0.2, 0.25) is 0 Å². The van der Waals surface area contributed by atoms with Crippen LogP contribution in [0.5, 0.6) is 23.0 Å². The van der Waals surface area contributed by atoms with Gasteiger partial charge in [0, 0.05) is 27.8 Å². The van der Waals surface area contributed by atoms with Gasteiger partial charge in [0.2, 0.25) is 0 Å². The van der Waals surface area contributed by atoms with Crippen molar-refractivity contribution in [1.82, 2.24) is 0 Å². The maximum atomic E-state index is 12.6. The Morgan fingerprint density at radius 2 is 1.19 bits per heavy atom. The molecule has 0 aliphatic carbocycles. The first-order valence-electron chi connectivity index (χ1n) is 18.2. The van der Waals surface area contributed by atoms with Crippen molar-refractivity contribution in [3.05, 3.63) is 119 Å². The molecule has 7 rings (SSSR count). The van der Waals surface area contributed by atoms with Crippen molar-refractivity contribution >= 4 is 93.2 Å². The fourth-order valence-electron chi connectivity index (χ4n) is 6.50. The summed E-state index contributed by atoms with van der Waals surface area (Å²) in [5, 5.41) is 69.4. The number of rotatable bonds is 13. The molecule has 0 saturated heterocycles. The molecule has 0 spiro atoms. The number of carboxylic acid groups (broad SMARTS) is 1. The number of nitro groups is 1. The first kappa shape index (κ1) is 55.1. The maximum Gasteiger partial charge on any atom is 1.00 e. The van der Waals surface area contributed by atoms with Crippen molar-refractivity contribution in [2.45, 2.75) is 9.79 Å². The van der Waals surface area contributed by atoms with Crippen molar-refractivity contribution in [1.29, 1.82) is 0 Å². The summed E-state index contributed by atoms with van der Waals surface area (Å²) in [5.74, 6) is -2.61. The van der Waals surface area contributed by atoms with E-state index in [9.17, 15) is 56.2 Å². The Bertz CT molecular complexity index is 3460. The molecule has 0 amide bonds. The van der Waals surface area contributed by atoms with Gasteiger partial charge in [0.1, 0.15) is 65.9 Å². The van der Waals surface area contributed by atoms with E-state index in [-0.39, 0.29) is 145 Å². The van der Waals surface area contributed by atoms with E-state index >= 15 is 0 Å². The monoisotopic (exact) mass is 988 g/mol. The van der Waals surface area contributed by atoms with Crippen LogP contribution in [0.15, 0.2) is 144 Å². The Morgan fingerprint density at radius 1 is 0.632 bits per heavy atom. The van der Waals surface area contributed by atoms with Gasteiger partial charge in [-0.3, -0.25) is 10.1 Å². The second-order valence-corrected chi connectivity index (χ2v) is 16.2. The first-order valence-corrected chi connectivity index (χ1v) is 21.0. The molecule has 0 aliphatic heterocycles. The van der Waals surface area contributed by atoms with E-state index in [1.807, 2.05) is 0 Å². The summed E-state index contributed by atoms with van der Waals surface area (Å²) in [6, 6.07) is 22.0. The van der Waals surface area contributed by atoms with E-state index in [0.717, 1.165) is 36.4 Å². The third-order valence-electron chi connectivity index (χ3n) is 9.63. The maximum absolute atomic E-state index is 12.6. The topological polar surface area (TPSA) is 357 Å². The van der Waals surface area contributed by atoms with Gasteiger partial charge in [-0.2, -0.15) is 0 Å². The number of carboxylic acids is 1. The van der Waals surface area contributed by atoms with Crippen molar-refractivity contribution in [3.8, 4) is 34.1 Å². The number of aromatic carboxylic acids is 1. The first-order chi connectivity index (χ1) is 30.8. The number of ether oxygens (including phenoxy) is 2. The molecule has 7 aromatic carbocycles. The summed E-state index contributed by atoms with van der Waals surface area (Å²) >= 11 is 0. The average Bonchev–Trinajstić information content (AvgIpc) is 3.26. The van der Waals surface area contributed by atoms with Gasteiger partial charge in [0.25, 0.3) is 5.69 Å². The molecule has 0 atom stereocenters. The molecule has 0 bridgehead atoms. The number of fused-ring (bicyclic) bond motifs is 2. The number of nitrogens with two attached hydrogens (primary N) is 1. The number of methoxy groups -OCH3 is 2. The number of anilines is 1. The molecular weight excluding hydrogens is 962 g/mol. The van der Waals surface area contributed by atoms with Gasteiger partial charge in [-0.05, 0) is 77.2 Å². The zero-order valence-electron chi connectivity index (χ0n) is 36.1. The van der Waals surface area contributed by atoms with E-state index < -0.39 is 69.3 Å². The smallest absolute Gasteiger partial charge is 0.744 e. The van der Waals surface area contributed by atoms with Crippen LogP contribution in [0.4, 0.5) is 45.5 Å². The molecule has 330 valence electrons. The second kappa shape index (κ2) is 22.3. The Morgan fingerprint density at radius 3 is 1.74 bits per heavy atom. The van der Waals surface area contributed by atoms with E-state index in [0.29, 0.717) is 21.9 Å². The second-order valence-electron chi connectivity index (χ2n) is 13.5. The molecule has 0 aliphatic rings. The number of hydrogen-bond donors (Lipinski definition) is 3. The summed E-state index contributed by atoms with van der Waals surface area (Å²) in [5.41, 5.74) is 3.88. The zero-order chi connectivity index (χ0) is 47.0. The van der Waals surface area contributed by atoms with Crippen molar-refractivity contribution in [2.24, 2.45) is 30.7 Å². The summed E-state index contributed by atoms with van der Waals surface area (Å²) in [4.78, 5) is 20.9. The molecular formula is C41H27N8Na3O14S2. The minimum atomic E-state index is -5.44. The number of nitrogens with zero attached hydrogens (tertiary/aromatic N) is 7. The Labute approximate surface area is 451 Å². The fourth-order valence-corrected chi connectivity index (χ4v) is 7.64. The number of phenols is 2. The molecule has 0 heterocycles. The molecule has 0 radical (unpaired) electrons. The largest absolute Gasteiger partial charge is 1.00 e. The average molecular weight is 989 g/mol. The summed E-state index contributed by atoms with van der Waals surface area (Å²) in [6.45, 7) is 0. The van der Waals surface area contributed by atoms with Crippen LogP contribution in [-0.2, 0) is 20.2 Å². The number of azo groups is 3. The van der Waals surface area contributed by atoms with Crippen LogP contribution in [0.3, 0.4) is 0 Å². The minimum Gasteiger partial charge on any atom is -0.744 e. The van der Waals surface area contributed by atoms with Gasteiger partial charge >= 0.3 is 88.7 Å². The molecule has 0 unspecified atom stereocenters. The molecule has 0 aromatic heterocycles. The number of aromatic hydroxyl groups is 2. The number of hydrogen-bond acceptors (Lipinski definition) is 21. The molecule has 4 N–H and O–H groups in total. The van der Waals surface area contributed by atoms with Gasteiger partial charge in [-0.15, -0.1) is 30.7 Å². The quantitative estimate of drug-likeness (QED) is 0.0312. The number of phenolic OH excluding ortho intramolecular Hbond substituents is 2. The zero-order valence-corrected chi connectivity index (χ0v) is 43.8. The molecule has 0 fully saturated rings. The van der Waals surface area contributed by atoms with E-state index in [2.05, 4.69) is 30.7 Å². The molecule has 7 aromatic rings. The number of nitrogen functional groups attached to an aromatic ring is 1. The van der Waals surface area contributed by atoms with Crippen molar-refractivity contribution in [2.75, 3.05) is 20.0 Å². The van der Waals surface area contributed by atoms with Crippen LogP contribution < -0.4 is 109 Å². The van der Waals surface area contributed by atoms with Gasteiger partial charge in [0.15, 0.2) is 11.4 Å². The normalized spacial score (nSPS) is 11.6. The van der Waals surface area contributed by atoms with E-state index in [1.165, 1.54) is 50.6 Å². The van der Waals surface area contributed by atoms with Gasteiger partial charge in [0.05, 0.1) is 40.6 Å². The Balaban J connectivity index is 0.00000336. The third-order valence-corrected chi connectivity index (χ3v) is 11.3. The van der Waals surface area contributed by atoms with Crippen LogP contribution in [0.25, 0.3) is 32.7 Å². The SMILES string of the molecule is COc1cc(-c2ccc(N=Nc3c(O)ccc4cc(S(=O)(=O)[O-])ccc34)c(OC)c2)ccc1N=Nc1c(S(=O)(=O)[O-])cc2c(N=Nc3c(C(=O)[O-])cccc3[N+](=O)[O-])c(N)ccc2c1O.[Na+].[Na+].[Na+]. The predicted octanol–water partition coefficient (Wildman–Crippen LogP) is -0.991. The Hall–Kier alpha value is -5.45. The van der Waals surface area contributed by atoms with Crippen LogP contribution in [0, 0.1) is 10.1 Å². The molecule has 22 nitrogen and oxygen atoms in total. The third kappa shape index (κ3) is 11.5. The van der Waals surface area contributed by atoms with Crippen molar-refractivity contribution < 1.29 is 149 Å². The standard InChI is InChI=1S/C41H30N8O14S2.3Na/c1-62-33-17-20(6-13-29(33)43-47-38-24-10-9-23(64(56,57)58)16-22(24)8-15-32(38)50)21-7-14-30(34(18-21)63-2)44-48-39-35(65(59,60)61)19-27-25(40(39)51)11-12-28(42)36(27)45-46-37-26(41(52)53)4-3-5-31(37)49(54)55;;;/h3-19,50-51H,42H2,1-2H3,(H,52,53)(H,56,57,58)(H,59,60,61);;;/q;3*+1/p-3. The Kier molecular flexibility index (Phi) is 18.1. The number of carbonyl (C=O) groups is 1. The predicted molar refractivity (Wildman–Crippen MR) is 227 cm³/mol. The van der Waals surface area contributed by atoms with Gasteiger partial charge < -0.3 is 44.4 Å². The van der Waals surface area contributed by atoms with Gasteiger partial charge in [-0.1, -0.05) is 36.4 Å². The summed E-state index contributed by atoms with van der Waals surface area (Å²) < 4.78 is 83.5. The number of carbonyl (C=O) groups excluding carboxylic acids is 1. The van der Waals surface area contributed by atoms with Crippen LogP contribution in [-0.4, -0.2) is 61.3 Å². The van der Waals surface area contributed by atoms with Crippen LogP contribution >= 0.6 is 0 Å². The summed E-state index contributed by atoms with van der Waals surface area (Å²) in [7, 11) is -7.48. The van der Waals surface area contributed by atoms with E-state index in [4.69, 9.17) is 15.2 Å². The molecule has 27 heteroatoms. The number of benzene rings is 7. The van der Waals surface area contributed by atoms with E-state index in [1.54, 1.807) is 30.3 Å². The minimum absolute atomic E-state index is 0. The van der Waals surface area contributed by atoms with Gasteiger partial charge in [-0.25, -0.2) is 16.8 Å². The molecule has 0 saturated carbocycles. The van der Waals surface area contributed by atoms with Crippen molar-refractivity contribution in [3.63, 3.8) is 0 Å². The summed E-state index contributed by atoms with van der Waals surface area (Å²) in [6.07, 6.45) is 0.